The molecule has 0 atom stereocenters. The van der Waals surface area contributed by atoms with Gasteiger partial charge in [0.2, 0.25) is 5.56 Å². The van der Waals surface area contributed by atoms with E-state index >= 15 is 0 Å². The summed E-state index contributed by atoms with van der Waals surface area (Å²) >= 11 is 0. The molecular formula is C17H19NO3. The van der Waals surface area contributed by atoms with Crippen LogP contribution in [0.1, 0.15) is 36.0 Å². The third-order valence-corrected chi connectivity index (χ3v) is 4.39. The Kier molecular flexibility index (Phi) is 3.88. The SMILES string of the molecule is COC1CCC(C(=O)c2ccc3[nH]c(=O)ccc3c2)CC1. The molecule has 1 saturated carbocycles. The molecule has 0 unspecified atom stereocenters. The predicted molar refractivity (Wildman–Crippen MR) is 81.7 cm³/mol. The first-order chi connectivity index (χ1) is 10.2. The number of ketones is 1. The number of carbonyl (C=O) groups excluding carboxylic acids is 1. The summed E-state index contributed by atoms with van der Waals surface area (Å²) in [5.74, 6) is 0.300. The van der Waals surface area contributed by atoms with Gasteiger partial charge in [0.15, 0.2) is 5.78 Å². The van der Waals surface area contributed by atoms with Gasteiger partial charge in [0.1, 0.15) is 0 Å². The third kappa shape index (κ3) is 2.90. The van der Waals surface area contributed by atoms with Crippen LogP contribution in [-0.2, 0) is 4.74 Å². The highest BCUT2D eigenvalue weighted by atomic mass is 16.5. The third-order valence-electron chi connectivity index (χ3n) is 4.39. The van der Waals surface area contributed by atoms with Crippen molar-refractivity contribution in [1.82, 2.24) is 4.98 Å². The molecule has 0 saturated heterocycles. The Morgan fingerprint density at radius 3 is 2.62 bits per heavy atom. The van der Waals surface area contributed by atoms with Gasteiger partial charge in [-0.1, -0.05) is 0 Å². The molecule has 1 N–H and O–H groups in total. The molecule has 1 aliphatic rings. The van der Waals surface area contributed by atoms with E-state index in [2.05, 4.69) is 4.98 Å². The van der Waals surface area contributed by atoms with E-state index in [1.807, 2.05) is 18.2 Å². The van der Waals surface area contributed by atoms with E-state index in [4.69, 9.17) is 4.74 Å². The highest BCUT2D eigenvalue weighted by Gasteiger charge is 2.26. The highest BCUT2D eigenvalue weighted by molar-refractivity contribution is 6.00. The molecule has 110 valence electrons. The van der Waals surface area contributed by atoms with Crippen molar-refractivity contribution in [1.29, 1.82) is 0 Å². The molecule has 2 aromatic rings. The lowest BCUT2D eigenvalue weighted by molar-refractivity contribution is 0.0519. The number of pyridine rings is 1. The molecule has 1 aromatic carbocycles. The van der Waals surface area contributed by atoms with Crippen LogP contribution in [-0.4, -0.2) is 24.0 Å². The molecule has 1 aromatic heterocycles. The second-order valence-corrected chi connectivity index (χ2v) is 5.70. The maximum Gasteiger partial charge on any atom is 0.248 e. The largest absolute Gasteiger partial charge is 0.381 e. The van der Waals surface area contributed by atoms with E-state index in [-0.39, 0.29) is 17.3 Å². The zero-order valence-electron chi connectivity index (χ0n) is 12.1. The van der Waals surface area contributed by atoms with E-state index in [9.17, 15) is 9.59 Å². The van der Waals surface area contributed by atoms with Gasteiger partial charge < -0.3 is 9.72 Å². The Morgan fingerprint density at radius 1 is 1.14 bits per heavy atom. The fourth-order valence-electron chi connectivity index (χ4n) is 3.10. The van der Waals surface area contributed by atoms with Crippen LogP contribution in [0.15, 0.2) is 35.1 Å². The number of H-pyrrole nitrogens is 1. The summed E-state index contributed by atoms with van der Waals surface area (Å²) in [5, 5.41) is 0.894. The fourth-order valence-corrected chi connectivity index (χ4v) is 3.10. The number of carbonyl (C=O) groups is 1. The minimum absolute atomic E-state index is 0.0941. The lowest BCUT2D eigenvalue weighted by Crippen LogP contribution is -2.25. The number of aromatic amines is 1. The Morgan fingerprint density at radius 2 is 1.90 bits per heavy atom. The van der Waals surface area contributed by atoms with Crippen LogP contribution >= 0.6 is 0 Å². The van der Waals surface area contributed by atoms with Gasteiger partial charge in [0, 0.05) is 30.2 Å². The number of aromatic nitrogens is 1. The van der Waals surface area contributed by atoms with E-state index in [1.165, 1.54) is 6.07 Å². The summed E-state index contributed by atoms with van der Waals surface area (Å²) in [6.07, 6.45) is 3.99. The minimum Gasteiger partial charge on any atom is -0.381 e. The molecule has 0 spiro atoms. The maximum absolute atomic E-state index is 12.6. The van der Waals surface area contributed by atoms with Crippen molar-refractivity contribution in [2.45, 2.75) is 31.8 Å². The van der Waals surface area contributed by atoms with Crippen LogP contribution in [0.2, 0.25) is 0 Å². The van der Waals surface area contributed by atoms with Crippen molar-refractivity contribution in [2.24, 2.45) is 5.92 Å². The first-order valence-electron chi connectivity index (χ1n) is 7.37. The second-order valence-electron chi connectivity index (χ2n) is 5.70. The number of benzene rings is 1. The number of fused-ring (bicyclic) bond motifs is 1. The Hall–Kier alpha value is -1.94. The van der Waals surface area contributed by atoms with Crippen molar-refractivity contribution >= 4 is 16.7 Å². The molecule has 4 heteroatoms. The fraction of sp³-hybridized carbons (Fsp3) is 0.412. The Labute approximate surface area is 123 Å². The number of rotatable bonds is 3. The summed E-state index contributed by atoms with van der Waals surface area (Å²) < 4.78 is 5.35. The molecule has 0 amide bonds. The Bertz CT molecular complexity index is 711. The van der Waals surface area contributed by atoms with Gasteiger partial charge in [0.25, 0.3) is 0 Å². The summed E-state index contributed by atoms with van der Waals surface area (Å²) in [5.41, 5.74) is 1.37. The molecule has 0 aliphatic heterocycles. The van der Waals surface area contributed by atoms with Gasteiger partial charge in [-0.15, -0.1) is 0 Å². The van der Waals surface area contributed by atoms with Crippen molar-refractivity contribution < 1.29 is 9.53 Å². The average Bonchev–Trinajstić information content (AvgIpc) is 2.53. The van der Waals surface area contributed by atoms with E-state index in [0.717, 1.165) is 42.1 Å². The molecular weight excluding hydrogens is 266 g/mol. The van der Waals surface area contributed by atoms with Gasteiger partial charge >= 0.3 is 0 Å². The minimum atomic E-state index is -0.125. The number of methoxy groups -OCH3 is 1. The van der Waals surface area contributed by atoms with Gasteiger partial charge in [-0.05, 0) is 55.3 Å². The molecule has 0 radical (unpaired) electrons. The van der Waals surface area contributed by atoms with Crippen LogP contribution in [0.3, 0.4) is 0 Å². The monoisotopic (exact) mass is 285 g/mol. The molecule has 4 nitrogen and oxygen atoms in total. The summed E-state index contributed by atoms with van der Waals surface area (Å²) in [6, 6.07) is 8.73. The number of Topliss-reactive ketones (excluding diaryl/α,β-unsaturated/α-hetero) is 1. The average molecular weight is 285 g/mol. The van der Waals surface area contributed by atoms with Gasteiger partial charge in [-0.25, -0.2) is 0 Å². The number of hydrogen-bond acceptors (Lipinski definition) is 3. The normalized spacial score (nSPS) is 22.3. The maximum atomic E-state index is 12.6. The van der Waals surface area contributed by atoms with Gasteiger partial charge in [-0.2, -0.15) is 0 Å². The lowest BCUT2D eigenvalue weighted by Gasteiger charge is -2.26. The topological polar surface area (TPSA) is 59.2 Å². The summed E-state index contributed by atoms with van der Waals surface area (Å²) in [6.45, 7) is 0. The first-order valence-corrected chi connectivity index (χ1v) is 7.37. The zero-order chi connectivity index (χ0) is 14.8. The molecule has 21 heavy (non-hydrogen) atoms. The quantitative estimate of drug-likeness (QED) is 0.882. The molecule has 1 aliphatic carbocycles. The molecule has 0 bridgehead atoms. The predicted octanol–water partition coefficient (Wildman–Crippen LogP) is 2.92. The van der Waals surface area contributed by atoms with E-state index < -0.39 is 0 Å². The van der Waals surface area contributed by atoms with Crippen LogP contribution in [0.4, 0.5) is 0 Å². The van der Waals surface area contributed by atoms with E-state index in [1.54, 1.807) is 13.2 Å². The molecule has 1 heterocycles. The van der Waals surface area contributed by atoms with Crippen LogP contribution in [0.5, 0.6) is 0 Å². The van der Waals surface area contributed by atoms with Crippen LogP contribution in [0.25, 0.3) is 10.9 Å². The smallest absolute Gasteiger partial charge is 0.248 e. The Balaban J connectivity index is 1.82. The van der Waals surface area contributed by atoms with Crippen LogP contribution in [0, 0.1) is 5.92 Å². The van der Waals surface area contributed by atoms with Gasteiger partial charge in [0.05, 0.1) is 6.10 Å². The second kappa shape index (κ2) is 5.82. The lowest BCUT2D eigenvalue weighted by atomic mass is 9.82. The number of nitrogens with one attached hydrogen (secondary N) is 1. The first kappa shape index (κ1) is 14.0. The standard InChI is InChI=1S/C17H19NO3/c1-21-14-6-2-11(3-7-14)17(20)13-4-8-15-12(10-13)5-9-16(19)18-15/h4-5,8-11,14H,2-3,6-7H2,1H3,(H,18,19). The van der Waals surface area contributed by atoms with Crippen molar-refractivity contribution in [3.63, 3.8) is 0 Å². The van der Waals surface area contributed by atoms with E-state index in [0.29, 0.717) is 6.10 Å². The van der Waals surface area contributed by atoms with Gasteiger partial charge in [-0.3, -0.25) is 9.59 Å². The summed E-state index contributed by atoms with van der Waals surface area (Å²) in [7, 11) is 1.73. The van der Waals surface area contributed by atoms with Crippen LogP contribution < -0.4 is 5.56 Å². The zero-order valence-corrected chi connectivity index (χ0v) is 12.1. The summed E-state index contributed by atoms with van der Waals surface area (Å²) in [4.78, 5) is 26.6. The van der Waals surface area contributed by atoms with Crippen molar-refractivity contribution in [3.8, 4) is 0 Å². The molecule has 1 fully saturated rings. The van der Waals surface area contributed by atoms with Crippen molar-refractivity contribution in [3.05, 3.63) is 46.2 Å². The number of hydrogen-bond donors (Lipinski definition) is 1. The number of ether oxygens (including phenoxy) is 1. The van der Waals surface area contributed by atoms with Crippen molar-refractivity contribution in [2.75, 3.05) is 7.11 Å². The molecule has 3 rings (SSSR count). The highest BCUT2D eigenvalue weighted by Crippen LogP contribution is 2.29.